The number of carbonyl (C=O) groups is 2. The number of rotatable bonds is 7. The first kappa shape index (κ1) is 27.3. The lowest BCUT2D eigenvalue weighted by Gasteiger charge is -2.23. The molecule has 37 heavy (non-hydrogen) atoms. The second-order valence-electron chi connectivity index (χ2n) is 8.68. The number of hydrogen-bond acceptors (Lipinski definition) is 4. The maximum Gasteiger partial charge on any atom is 0.321 e. The molecule has 1 saturated heterocycles. The average molecular weight is 607 g/mol. The van der Waals surface area contributed by atoms with Crippen LogP contribution in [0.15, 0.2) is 65.1 Å². The molecule has 0 radical (unpaired) electrons. The van der Waals surface area contributed by atoms with Gasteiger partial charge in [0.1, 0.15) is 11.5 Å². The lowest BCUT2D eigenvalue weighted by molar-refractivity contribution is 0.0696. The minimum absolute atomic E-state index is 0.123. The van der Waals surface area contributed by atoms with Gasteiger partial charge in [0.15, 0.2) is 0 Å². The molecule has 0 aromatic heterocycles. The van der Waals surface area contributed by atoms with E-state index >= 15 is 0 Å². The Hall–Kier alpha value is -2.78. The number of benzene rings is 3. The number of halogens is 3. The SMILES string of the molecule is CN(Cc1ccc(Br)cc1Oc1cc(Cl)cc(Cl)c1)C(=O)Nc1ccc(C(=O)NC2CCOCC2)cc1. The third kappa shape index (κ3) is 7.85. The monoisotopic (exact) mass is 605 g/mol. The fraction of sp³-hybridized carbons (Fsp3) is 0.259. The maximum absolute atomic E-state index is 12.9. The molecule has 1 aliphatic rings. The number of urea groups is 1. The summed E-state index contributed by atoms with van der Waals surface area (Å²) in [4.78, 5) is 26.9. The Bertz CT molecular complexity index is 1250. The van der Waals surface area contributed by atoms with Crippen molar-refractivity contribution in [3.8, 4) is 11.5 Å². The molecule has 1 fully saturated rings. The van der Waals surface area contributed by atoms with Gasteiger partial charge in [-0.2, -0.15) is 0 Å². The van der Waals surface area contributed by atoms with Gasteiger partial charge in [-0.25, -0.2) is 4.79 Å². The number of anilines is 1. The molecule has 1 heterocycles. The molecule has 2 N–H and O–H groups in total. The minimum atomic E-state index is -0.306. The lowest BCUT2D eigenvalue weighted by atomic mass is 10.1. The third-order valence-electron chi connectivity index (χ3n) is 5.80. The van der Waals surface area contributed by atoms with Crippen LogP contribution in [0.3, 0.4) is 0 Å². The second-order valence-corrected chi connectivity index (χ2v) is 10.5. The van der Waals surface area contributed by atoms with Gasteiger partial charge in [0.2, 0.25) is 0 Å². The highest BCUT2D eigenvalue weighted by Crippen LogP contribution is 2.32. The van der Waals surface area contributed by atoms with Gasteiger partial charge in [-0.3, -0.25) is 4.79 Å². The average Bonchev–Trinajstić information content (AvgIpc) is 2.86. The van der Waals surface area contributed by atoms with Crippen molar-refractivity contribution in [2.24, 2.45) is 0 Å². The van der Waals surface area contributed by atoms with E-state index in [1.165, 1.54) is 4.90 Å². The zero-order chi connectivity index (χ0) is 26.4. The molecule has 0 spiro atoms. The van der Waals surface area contributed by atoms with Crippen LogP contribution < -0.4 is 15.4 Å². The van der Waals surface area contributed by atoms with E-state index in [4.69, 9.17) is 32.7 Å². The van der Waals surface area contributed by atoms with E-state index < -0.39 is 0 Å². The summed E-state index contributed by atoms with van der Waals surface area (Å²) in [6, 6.07) is 17.2. The molecule has 0 bridgehead atoms. The molecule has 7 nitrogen and oxygen atoms in total. The van der Waals surface area contributed by atoms with Gasteiger partial charge in [0.25, 0.3) is 5.91 Å². The highest BCUT2D eigenvalue weighted by atomic mass is 79.9. The fourth-order valence-corrected chi connectivity index (χ4v) is 4.68. The minimum Gasteiger partial charge on any atom is -0.457 e. The molecule has 3 aromatic carbocycles. The van der Waals surface area contributed by atoms with E-state index in [0.717, 1.165) is 22.9 Å². The molecular formula is C27H26BrCl2N3O4. The van der Waals surface area contributed by atoms with Crippen LogP contribution in [0.2, 0.25) is 10.0 Å². The Labute approximate surface area is 234 Å². The van der Waals surface area contributed by atoms with Crippen LogP contribution in [0.4, 0.5) is 10.5 Å². The van der Waals surface area contributed by atoms with Gasteiger partial charge in [0.05, 0.1) is 6.54 Å². The first-order valence-corrected chi connectivity index (χ1v) is 13.2. The summed E-state index contributed by atoms with van der Waals surface area (Å²) in [5, 5.41) is 6.81. The van der Waals surface area contributed by atoms with Crippen molar-refractivity contribution in [2.75, 3.05) is 25.6 Å². The highest BCUT2D eigenvalue weighted by molar-refractivity contribution is 9.10. The molecule has 10 heteroatoms. The van der Waals surface area contributed by atoms with E-state index in [-0.39, 0.29) is 24.5 Å². The van der Waals surface area contributed by atoms with Crippen LogP contribution in [0.5, 0.6) is 11.5 Å². The normalized spacial score (nSPS) is 13.6. The smallest absolute Gasteiger partial charge is 0.321 e. The summed E-state index contributed by atoms with van der Waals surface area (Å²) >= 11 is 15.7. The van der Waals surface area contributed by atoms with Crippen molar-refractivity contribution in [3.63, 3.8) is 0 Å². The second kappa shape index (κ2) is 12.6. The Morgan fingerprint density at radius 2 is 1.70 bits per heavy atom. The van der Waals surface area contributed by atoms with Gasteiger partial charge in [-0.15, -0.1) is 0 Å². The molecule has 1 aliphatic heterocycles. The molecule has 4 rings (SSSR count). The molecule has 0 aliphatic carbocycles. The van der Waals surface area contributed by atoms with E-state index in [1.807, 2.05) is 18.2 Å². The summed E-state index contributed by atoms with van der Waals surface area (Å²) in [5.41, 5.74) is 1.91. The molecule has 3 amide bonds. The largest absolute Gasteiger partial charge is 0.457 e. The molecule has 0 atom stereocenters. The van der Waals surface area contributed by atoms with Crippen molar-refractivity contribution < 1.29 is 19.1 Å². The summed E-state index contributed by atoms with van der Waals surface area (Å²) in [6.07, 6.45) is 1.62. The van der Waals surface area contributed by atoms with E-state index in [2.05, 4.69) is 26.6 Å². The van der Waals surface area contributed by atoms with E-state index in [0.29, 0.717) is 46.0 Å². The zero-order valence-corrected chi connectivity index (χ0v) is 23.2. The Balaban J connectivity index is 1.37. The van der Waals surface area contributed by atoms with Crippen molar-refractivity contribution >= 4 is 56.8 Å². The summed E-state index contributed by atoms with van der Waals surface area (Å²) in [7, 11) is 1.69. The van der Waals surface area contributed by atoms with Crippen molar-refractivity contribution in [2.45, 2.75) is 25.4 Å². The quantitative estimate of drug-likeness (QED) is 0.300. The number of hydrogen-bond donors (Lipinski definition) is 2. The highest BCUT2D eigenvalue weighted by Gasteiger charge is 2.18. The molecule has 3 aromatic rings. The van der Waals surface area contributed by atoms with Crippen molar-refractivity contribution in [1.29, 1.82) is 0 Å². The van der Waals surface area contributed by atoms with E-state index in [9.17, 15) is 9.59 Å². The van der Waals surface area contributed by atoms with Gasteiger partial charge >= 0.3 is 6.03 Å². The summed E-state index contributed by atoms with van der Waals surface area (Å²) < 4.78 is 12.2. The van der Waals surface area contributed by atoms with Gasteiger partial charge in [-0.1, -0.05) is 45.2 Å². The third-order valence-corrected chi connectivity index (χ3v) is 6.73. The predicted octanol–water partition coefficient (Wildman–Crippen LogP) is 7.12. The van der Waals surface area contributed by atoms with Crippen LogP contribution >= 0.6 is 39.1 Å². The van der Waals surface area contributed by atoms with Crippen molar-refractivity contribution in [1.82, 2.24) is 10.2 Å². The first-order valence-electron chi connectivity index (χ1n) is 11.7. The van der Waals surface area contributed by atoms with Crippen LogP contribution in [-0.2, 0) is 11.3 Å². The number of amides is 3. The van der Waals surface area contributed by atoms with Gasteiger partial charge < -0.3 is 25.0 Å². The predicted molar refractivity (Wildman–Crippen MR) is 149 cm³/mol. The van der Waals surface area contributed by atoms with Crippen molar-refractivity contribution in [3.05, 3.63) is 86.3 Å². The summed E-state index contributed by atoms with van der Waals surface area (Å²) in [5.74, 6) is 0.919. The van der Waals surface area contributed by atoms with Gasteiger partial charge in [-0.05, 0) is 67.4 Å². The Morgan fingerprint density at radius 3 is 2.38 bits per heavy atom. The summed E-state index contributed by atoms with van der Waals surface area (Å²) in [6.45, 7) is 1.60. The number of carbonyl (C=O) groups excluding carboxylic acids is 2. The fourth-order valence-electron chi connectivity index (χ4n) is 3.83. The van der Waals surface area contributed by atoms with Crippen LogP contribution in [0.25, 0.3) is 0 Å². The van der Waals surface area contributed by atoms with E-state index in [1.54, 1.807) is 49.5 Å². The number of nitrogens with zero attached hydrogens (tertiary/aromatic N) is 1. The zero-order valence-electron chi connectivity index (χ0n) is 20.1. The van der Waals surface area contributed by atoms with Crippen LogP contribution in [-0.4, -0.2) is 43.1 Å². The lowest BCUT2D eigenvalue weighted by Crippen LogP contribution is -2.38. The Kier molecular flexibility index (Phi) is 9.32. The van der Waals surface area contributed by atoms with Crippen LogP contribution in [0.1, 0.15) is 28.8 Å². The molecule has 0 unspecified atom stereocenters. The number of ether oxygens (including phenoxy) is 2. The first-order chi connectivity index (χ1) is 17.8. The Morgan fingerprint density at radius 1 is 1.03 bits per heavy atom. The number of nitrogens with one attached hydrogen (secondary N) is 2. The van der Waals surface area contributed by atoms with Gasteiger partial charge in [0, 0.05) is 57.6 Å². The molecular weight excluding hydrogens is 581 g/mol. The molecule has 194 valence electrons. The maximum atomic E-state index is 12.9. The topological polar surface area (TPSA) is 79.9 Å². The standard InChI is InChI=1S/C27H26BrCl2N3O4/c1-33(16-18-2-5-19(28)12-25(18)37-24-14-20(29)13-21(30)15-24)27(35)32-22-6-3-17(4-7-22)26(34)31-23-8-10-36-11-9-23/h2-7,12-15,23H,8-11,16H2,1H3,(H,31,34)(H,32,35). The van der Waals surface area contributed by atoms with Crippen LogP contribution in [0, 0.1) is 0 Å². The molecule has 0 saturated carbocycles.